The van der Waals surface area contributed by atoms with Gasteiger partial charge in [-0.1, -0.05) is 12.1 Å². The highest BCUT2D eigenvalue weighted by atomic mass is 19.1. The Morgan fingerprint density at radius 1 is 1.20 bits per heavy atom. The number of halogens is 1. The van der Waals surface area contributed by atoms with E-state index in [0.29, 0.717) is 30.9 Å². The summed E-state index contributed by atoms with van der Waals surface area (Å²) < 4.78 is 18.6. The van der Waals surface area contributed by atoms with Crippen LogP contribution in [-0.4, -0.2) is 19.8 Å². The lowest BCUT2D eigenvalue weighted by Crippen LogP contribution is -2.10. The van der Waals surface area contributed by atoms with E-state index in [1.54, 1.807) is 13.8 Å². The largest absolute Gasteiger partial charge is 0.380 e. The number of ether oxygens (including phenoxy) is 1. The summed E-state index contributed by atoms with van der Waals surface area (Å²) in [5.74, 6) is -0.110. The van der Waals surface area contributed by atoms with Crippen molar-refractivity contribution in [3.05, 3.63) is 34.6 Å². The Balaban J connectivity index is 2.55. The van der Waals surface area contributed by atoms with Crippen LogP contribution in [0.2, 0.25) is 0 Å². The van der Waals surface area contributed by atoms with Crippen molar-refractivity contribution in [1.29, 1.82) is 0 Å². The van der Waals surface area contributed by atoms with Gasteiger partial charge in [0.2, 0.25) is 0 Å². The van der Waals surface area contributed by atoms with Crippen molar-refractivity contribution in [2.45, 2.75) is 20.3 Å². The molecule has 1 rings (SSSR count). The summed E-state index contributed by atoms with van der Waals surface area (Å²) in [7, 11) is 0. The summed E-state index contributed by atoms with van der Waals surface area (Å²) in [6.45, 7) is 5.33. The maximum atomic E-state index is 13.3. The normalized spacial score (nSPS) is 10.7. The fourth-order valence-electron chi connectivity index (χ4n) is 1.56. The van der Waals surface area contributed by atoms with E-state index in [0.717, 1.165) is 12.0 Å². The topological polar surface area (TPSA) is 35.2 Å². The zero-order valence-electron chi connectivity index (χ0n) is 9.35. The number of nitrogens with two attached hydrogens (primary N) is 1. The molecule has 0 aliphatic carbocycles. The van der Waals surface area contributed by atoms with Gasteiger partial charge in [0.05, 0.1) is 13.2 Å². The molecule has 0 amide bonds. The van der Waals surface area contributed by atoms with Crippen LogP contribution in [0.25, 0.3) is 0 Å². The number of rotatable bonds is 5. The van der Waals surface area contributed by atoms with E-state index >= 15 is 0 Å². The summed E-state index contributed by atoms with van der Waals surface area (Å²) in [5, 5.41) is 0. The third-order valence-electron chi connectivity index (χ3n) is 2.29. The Kier molecular flexibility index (Phi) is 4.72. The van der Waals surface area contributed by atoms with Crippen LogP contribution in [0, 0.1) is 19.7 Å². The van der Waals surface area contributed by atoms with Crippen LogP contribution in [0.15, 0.2) is 12.1 Å². The van der Waals surface area contributed by atoms with Crippen molar-refractivity contribution in [3.8, 4) is 0 Å². The average molecular weight is 211 g/mol. The second kappa shape index (κ2) is 5.83. The lowest BCUT2D eigenvalue weighted by Gasteiger charge is -2.07. The van der Waals surface area contributed by atoms with Crippen molar-refractivity contribution in [2.24, 2.45) is 5.73 Å². The van der Waals surface area contributed by atoms with Gasteiger partial charge in [-0.15, -0.1) is 0 Å². The third-order valence-corrected chi connectivity index (χ3v) is 2.29. The third kappa shape index (κ3) is 3.61. The number of aryl methyl sites for hydroxylation is 2. The molecule has 0 aliphatic rings. The molecule has 0 aliphatic heterocycles. The number of benzene rings is 1. The predicted molar refractivity (Wildman–Crippen MR) is 59.5 cm³/mol. The fourth-order valence-corrected chi connectivity index (χ4v) is 1.56. The monoisotopic (exact) mass is 211 g/mol. The van der Waals surface area contributed by atoms with Gasteiger partial charge in [0, 0.05) is 6.54 Å². The first-order chi connectivity index (χ1) is 7.15. The van der Waals surface area contributed by atoms with Gasteiger partial charge < -0.3 is 10.5 Å². The van der Waals surface area contributed by atoms with Gasteiger partial charge >= 0.3 is 0 Å². The maximum Gasteiger partial charge on any atom is 0.129 e. The van der Waals surface area contributed by atoms with E-state index in [9.17, 15) is 4.39 Å². The van der Waals surface area contributed by atoms with Gasteiger partial charge in [0.1, 0.15) is 5.82 Å². The Morgan fingerprint density at radius 3 is 2.33 bits per heavy atom. The van der Waals surface area contributed by atoms with Crippen LogP contribution in [-0.2, 0) is 11.2 Å². The first-order valence-corrected chi connectivity index (χ1v) is 5.18. The molecule has 3 heteroatoms. The van der Waals surface area contributed by atoms with Crippen LogP contribution < -0.4 is 5.73 Å². The first kappa shape index (κ1) is 12.1. The zero-order valence-corrected chi connectivity index (χ0v) is 9.35. The zero-order chi connectivity index (χ0) is 11.3. The quantitative estimate of drug-likeness (QED) is 0.756. The molecule has 2 N–H and O–H groups in total. The van der Waals surface area contributed by atoms with Gasteiger partial charge in [-0.05, 0) is 37.0 Å². The van der Waals surface area contributed by atoms with E-state index in [1.807, 2.05) is 12.1 Å². The molecular formula is C12H18FNO. The minimum atomic E-state index is -0.110. The van der Waals surface area contributed by atoms with Crippen molar-refractivity contribution < 1.29 is 9.13 Å². The number of hydrogen-bond donors (Lipinski definition) is 1. The smallest absolute Gasteiger partial charge is 0.129 e. The molecular weight excluding hydrogens is 193 g/mol. The lowest BCUT2D eigenvalue weighted by atomic mass is 10.0. The summed E-state index contributed by atoms with van der Waals surface area (Å²) >= 11 is 0. The minimum absolute atomic E-state index is 0.110. The molecule has 0 fully saturated rings. The molecule has 1 aromatic rings. The molecule has 15 heavy (non-hydrogen) atoms. The highest BCUT2D eigenvalue weighted by Crippen LogP contribution is 2.15. The standard InChI is InChI=1S/C12H18FNO/c1-9-7-11(3-5-15-6-4-14)8-10(2)12(9)13/h7-8H,3-6,14H2,1-2H3. The van der Waals surface area contributed by atoms with Crippen molar-refractivity contribution in [1.82, 2.24) is 0 Å². The Bertz CT molecular complexity index is 302. The first-order valence-electron chi connectivity index (χ1n) is 5.18. The van der Waals surface area contributed by atoms with E-state index in [4.69, 9.17) is 10.5 Å². The van der Waals surface area contributed by atoms with Gasteiger partial charge in [-0.2, -0.15) is 0 Å². The van der Waals surface area contributed by atoms with Crippen molar-refractivity contribution in [2.75, 3.05) is 19.8 Å². The molecule has 1 aromatic carbocycles. The number of hydrogen-bond acceptors (Lipinski definition) is 2. The average Bonchev–Trinajstić information content (AvgIpc) is 2.21. The highest BCUT2D eigenvalue weighted by Gasteiger charge is 2.03. The highest BCUT2D eigenvalue weighted by molar-refractivity contribution is 5.30. The van der Waals surface area contributed by atoms with Crippen LogP contribution in [0.5, 0.6) is 0 Å². The van der Waals surface area contributed by atoms with E-state index in [-0.39, 0.29) is 5.82 Å². The van der Waals surface area contributed by atoms with Gasteiger partial charge in [0.15, 0.2) is 0 Å². The van der Waals surface area contributed by atoms with Crippen LogP contribution in [0.4, 0.5) is 4.39 Å². The predicted octanol–water partition coefficient (Wildman–Crippen LogP) is 1.96. The fraction of sp³-hybridized carbons (Fsp3) is 0.500. The lowest BCUT2D eigenvalue weighted by molar-refractivity contribution is 0.144. The van der Waals surface area contributed by atoms with Crippen molar-refractivity contribution in [3.63, 3.8) is 0 Å². The van der Waals surface area contributed by atoms with Gasteiger partial charge in [-0.25, -0.2) is 4.39 Å². The van der Waals surface area contributed by atoms with E-state index in [1.165, 1.54) is 0 Å². The second-order valence-electron chi connectivity index (χ2n) is 3.69. The van der Waals surface area contributed by atoms with Crippen molar-refractivity contribution >= 4 is 0 Å². The second-order valence-corrected chi connectivity index (χ2v) is 3.69. The van der Waals surface area contributed by atoms with Crippen LogP contribution >= 0.6 is 0 Å². The minimum Gasteiger partial charge on any atom is -0.380 e. The summed E-state index contributed by atoms with van der Waals surface area (Å²) in [6, 6.07) is 3.74. The molecule has 84 valence electrons. The molecule has 0 heterocycles. The molecule has 0 atom stereocenters. The Morgan fingerprint density at radius 2 is 1.80 bits per heavy atom. The van der Waals surface area contributed by atoms with Gasteiger partial charge in [-0.3, -0.25) is 0 Å². The van der Waals surface area contributed by atoms with E-state index in [2.05, 4.69) is 0 Å². The molecule has 0 bridgehead atoms. The molecule has 0 radical (unpaired) electrons. The molecule has 0 aromatic heterocycles. The maximum absolute atomic E-state index is 13.3. The Hall–Kier alpha value is -0.930. The Labute approximate surface area is 90.2 Å². The molecule has 2 nitrogen and oxygen atoms in total. The summed E-state index contributed by atoms with van der Waals surface area (Å²) in [5.41, 5.74) is 7.81. The SMILES string of the molecule is Cc1cc(CCOCCN)cc(C)c1F. The summed E-state index contributed by atoms with van der Waals surface area (Å²) in [6.07, 6.45) is 0.807. The molecule has 0 unspecified atom stereocenters. The summed E-state index contributed by atoms with van der Waals surface area (Å²) in [4.78, 5) is 0. The van der Waals surface area contributed by atoms with Gasteiger partial charge in [0.25, 0.3) is 0 Å². The van der Waals surface area contributed by atoms with Crippen LogP contribution in [0.1, 0.15) is 16.7 Å². The van der Waals surface area contributed by atoms with E-state index < -0.39 is 0 Å². The molecule has 0 spiro atoms. The molecule has 0 saturated heterocycles. The molecule has 0 saturated carbocycles. The van der Waals surface area contributed by atoms with Crippen LogP contribution in [0.3, 0.4) is 0 Å².